The van der Waals surface area contributed by atoms with Gasteiger partial charge in [0.2, 0.25) is 10.0 Å². The molecule has 0 amide bonds. The number of nitrogens with zero attached hydrogens (tertiary/aromatic N) is 1. The van der Waals surface area contributed by atoms with Crippen LogP contribution in [0.15, 0.2) is 16.7 Å². The fourth-order valence-corrected chi connectivity index (χ4v) is 4.15. The van der Waals surface area contributed by atoms with Gasteiger partial charge in [-0.3, -0.25) is 0 Å². The van der Waals surface area contributed by atoms with Crippen molar-refractivity contribution in [1.29, 1.82) is 0 Å². The van der Waals surface area contributed by atoms with Crippen molar-refractivity contribution in [3.63, 3.8) is 0 Å². The first-order valence-corrected chi connectivity index (χ1v) is 9.08. The van der Waals surface area contributed by atoms with E-state index in [1.807, 2.05) is 13.0 Å². The molecule has 0 saturated carbocycles. The van der Waals surface area contributed by atoms with E-state index in [-0.39, 0.29) is 5.25 Å². The van der Waals surface area contributed by atoms with Gasteiger partial charge >= 0.3 is 0 Å². The average Bonchev–Trinajstić information content (AvgIpc) is 2.82. The van der Waals surface area contributed by atoms with Gasteiger partial charge in [0.05, 0.1) is 18.1 Å². The van der Waals surface area contributed by atoms with Crippen molar-refractivity contribution < 1.29 is 12.8 Å². The van der Waals surface area contributed by atoms with Crippen molar-refractivity contribution in [2.24, 2.45) is 5.92 Å². The molecule has 1 N–H and O–H groups in total. The van der Waals surface area contributed by atoms with Gasteiger partial charge in [0.25, 0.3) is 0 Å². The number of furan rings is 1. The summed E-state index contributed by atoms with van der Waals surface area (Å²) in [7, 11) is -3.13. The van der Waals surface area contributed by atoms with Crippen molar-refractivity contribution in [3.05, 3.63) is 23.7 Å². The van der Waals surface area contributed by atoms with E-state index in [9.17, 15) is 8.42 Å². The Hall–Kier alpha value is -0.850. The summed E-state index contributed by atoms with van der Waals surface area (Å²) in [5.74, 6) is 1.25. The second-order valence-electron chi connectivity index (χ2n) is 6.23. The number of hydrogen-bond donors (Lipinski definition) is 1. The first-order valence-electron chi connectivity index (χ1n) is 7.57. The Labute approximate surface area is 127 Å². The molecule has 1 fully saturated rings. The second-order valence-corrected chi connectivity index (χ2v) is 8.72. The van der Waals surface area contributed by atoms with Crippen LogP contribution in [0, 0.1) is 12.8 Å². The van der Waals surface area contributed by atoms with Crippen LogP contribution >= 0.6 is 0 Å². The predicted molar refractivity (Wildman–Crippen MR) is 83.5 cm³/mol. The van der Waals surface area contributed by atoms with Crippen LogP contribution in [0.1, 0.15) is 38.5 Å². The zero-order chi connectivity index (χ0) is 15.6. The molecule has 120 valence electrons. The number of piperidine rings is 1. The quantitative estimate of drug-likeness (QED) is 0.904. The highest BCUT2D eigenvalue weighted by atomic mass is 32.2. The third kappa shape index (κ3) is 3.67. The standard InChI is InChI=1S/C15H26N2O3S/c1-11(2)21(18,19)17-7-5-14(13(4)10-17)16-9-15-12(3)6-8-20-15/h6,8,11,13-14,16H,5,7,9-10H2,1-4H3. The second kappa shape index (κ2) is 6.50. The molecule has 2 atom stereocenters. The van der Waals surface area contributed by atoms with Gasteiger partial charge < -0.3 is 9.73 Å². The summed E-state index contributed by atoms with van der Waals surface area (Å²) in [5, 5.41) is 3.15. The van der Waals surface area contributed by atoms with E-state index >= 15 is 0 Å². The average molecular weight is 314 g/mol. The Morgan fingerprint density at radius 1 is 1.48 bits per heavy atom. The third-order valence-corrected chi connectivity index (χ3v) is 6.56. The van der Waals surface area contributed by atoms with Crippen LogP contribution in [-0.4, -0.2) is 37.1 Å². The molecule has 2 rings (SSSR count). The summed E-state index contributed by atoms with van der Waals surface area (Å²) in [4.78, 5) is 0. The fourth-order valence-electron chi connectivity index (χ4n) is 2.75. The lowest BCUT2D eigenvalue weighted by Gasteiger charge is -2.37. The molecule has 1 aliphatic heterocycles. The van der Waals surface area contributed by atoms with Crippen LogP contribution < -0.4 is 5.32 Å². The van der Waals surface area contributed by atoms with Gasteiger partial charge in [-0.15, -0.1) is 0 Å². The maximum atomic E-state index is 12.2. The summed E-state index contributed by atoms with van der Waals surface area (Å²) >= 11 is 0. The molecule has 1 aliphatic rings. The van der Waals surface area contributed by atoms with E-state index in [2.05, 4.69) is 12.2 Å². The monoisotopic (exact) mass is 314 g/mol. The molecule has 1 saturated heterocycles. The number of aryl methyl sites for hydroxylation is 1. The van der Waals surface area contributed by atoms with Gasteiger partial charge in [0.15, 0.2) is 0 Å². The van der Waals surface area contributed by atoms with Gasteiger partial charge in [-0.1, -0.05) is 6.92 Å². The van der Waals surface area contributed by atoms with Gasteiger partial charge in [-0.05, 0) is 44.7 Å². The number of nitrogens with one attached hydrogen (secondary N) is 1. The minimum absolute atomic E-state index is 0.294. The van der Waals surface area contributed by atoms with Gasteiger partial charge in [0.1, 0.15) is 5.76 Å². The highest BCUT2D eigenvalue weighted by molar-refractivity contribution is 7.89. The molecule has 0 aromatic carbocycles. The topological polar surface area (TPSA) is 62.6 Å². The van der Waals surface area contributed by atoms with Gasteiger partial charge in [0, 0.05) is 19.1 Å². The zero-order valence-corrected chi connectivity index (χ0v) is 14.1. The van der Waals surface area contributed by atoms with Crippen LogP contribution in [-0.2, 0) is 16.6 Å². The smallest absolute Gasteiger partial charge is 0.216 e. The van der Waals surface area contributed by atoms with E-state index in [1.54, 1.807) is 24.4 Å². The normalized spacial score (nSPS) is 24.6. The molecule has 2 unspecified atom stereocenters. The molecule has 1 aromatic heterocycles. The van der Waals surface area contributed by atoms with Crippen molar-refractivity contribution >= 4 is 10.0 Å². The first kappa shape index (κ1) is 16.5. The molecule has 6 heteroatoms. The fraction of sp³-hybridized carbons (Fsp3) is 0.733. The zero-order valence-electron chi connectivity index (χ0n) is 13.3. The lowest BCUT2D eigenvalue weighted by Crippen LogP contribution is -2.51. The van der Waals surface area contributed by atoms with Gasteiger partial charge in [-0.2, -0.15) is 0 Å². The highest BCUT2D eigenvalue weighted by Gasteiger charge is 2.33. The van der Waals surface area contributed by atoms with Crippen LogP contribution in [0.2, 0.25) is 0 Å². The summed E-state index contributed by atoms with van der Waals surface area (Å²) in [6.45, 7) is 9.50. The summed E-state index contributed by atoms with van der Waals surface area (Å²) in [6.07, 6.45) is 2.54. The molecule has 2 heterocycles. The predicted octanol–water partition coefficient (Wildman–Crippen LogP) is 2.13. The number of hydrogen-bond acceptors (Lipinski definition) is 4. The van der Waals surface area contributed by atoms with E-state index in [0.29, 0.717) is 31.6 Å². The maximum absolute atomic E-state index is 12.2. The van der Waals surface area contributed by atoms with Crippen molar-refractivity contribution in [3.8, 4) is 0 Å². The lowest BCUT2D eigenvalue weighted by molar-refractivity contribution is 0.215. The van der Waals surface area contributed by atoms with E-state index in [1.165, 1.54) is 0 Å². The molecule has 0 radical (unpaired) electrons. The molecule has 1 aromatic rings. The van der Waals surface area contributed by atoms with E-state index < -0.39 is 10.0 Å². The lowest BCUT2D eigenvalue weighted by atomic mass is 9.95. The van der Waals surface area contributed by atoms with Crippen molar-refractivity contribution in [1.82, 2.24) is 9.62 Å². The number of sulfonamides is 1. The van der Waals surface area contributed by atoms with Crippen molar-refractivity contribution in [2.75, 3.05) is 13.1 Å². The molecule has 0 spiro atoms. The minimum atomic E-state index is -3.13. The van der Waals surface area contributed by atoms with Crippen LogP contribution in [0.25, 0.3) is 0 Å². The SMILES string of the molecule is Cc1ccoc1CNC1CCN(S(=O)(=O)C(C)C)CC1C. The Balaban J connectivity index is 1.91. The van der Waals surface area contributed by atoms with Crippen LogP contribution in [0.5, 0.6) is 0 Å². The molecular weight excluding hydrogens is 288 g/mol. The Bertz CT molecular complexity index is 565. The maximum Gasteiger partial charge on any atom is 0.216 e. The Morgan fingerprint density at radius 3 is 2.71 bits per heavy atom. The van der Waals surface area contributed by atoms with Crippen LogP contribution in [0.4, 0.5) is 0 Å². The third-order valence-electron chi connectivity index (χ3n) is 4.32. The summed E-state index contributed by atoms with van der Waals surface area (Å²) in [5.41, 5.74) is 1.15. The molecular formula is C15H26N2O3S. The highest BCUT2D eigenvalue weighted by Crippen LogP contribution is 2.22. The summed E-state index contributed by atoms with van der Waals surface area (Å²) < 4.78 is 31.5. The molecule has 21 heavy (non-hydrogen) atoms. The van der Waals surface area contributed by atoms with Gasteiger partial charge in [-0.25, -0.2) is 12.7 Å². The Morgan fingerprint density at radius 2 is 2.19 bits per heavy atom. The van der Waals surface area contributed by atoms with E-state index in [4.69, 9.17) is 4.42 Å². The Kier molecular flexibility index (Phi) is 5.11. The summed E-state index contributed by atoms with van der Waals surface area (Å²) in [6, 6.07) is 2.28. The van der Waals surface area contributed by atoms with Crippen molar-refractivity contribution in [2.45, 2.75) is 52.0 Å². The number of rotatable bonds is 5. The largest absolute Gasteiger partial charge is 0.468 e. The van der Waals surface area contributed by atoms with Crippen LogP contribution in [0.3, 0.4) is 0 Å². The van der Waals surface area contributed by atoms with E-state index in [0.717, 1.165) is 17.7 Å². The minimum Gasteiger partial charge on any atom is -0.468 e. The molecule has 0 aliphatic carbocycles. The first-order chi connectivity index (χ1) is 9.82. The molecule has 5 nitrogen and oxygen atoms in total. The molecule has 0 bridgehead atoms.